The van der Waals surface area contributed by atoms with Crippen molar-refractivity contribution in [3.8, 4) is 0 Å². The molecule has 2 aliphatic rings. The zero-order valence-corrected chi connectivity index (χ0v) is 9.84. The van der Waals surface area contributed by atoms with Gasteiger partial charge in [0.25, 0.3) is 0 Å². The molecule has 0 bridgehead atoms. The Morgan fingerprint density at radius 1 is 1.07 bits per heavy atom. The normalized spacial score (nSPS) is 35.0. The fourth-order valence-corrected chi connectivity index (χ4v) is 3.42. The number of ether oxygens (including phenoxy) is 1. The summed E-state index contributed by atoms with van der Waals surface area (Å²) in [5.41, 5.74) is 6.38. The SMILES string of the molecule is NCC1(C2CCCCCC2)CCCOC1. The largest absolute Gasteiger partial charge is 0.381 e. The lowest BCUT2D eigenvalue weighted by Crippen LogP contribution is -2.44. The monoisotopic (exact) mass is 211 g/mol. The van der Waals surface area contributed by atoms with Crippen LogP contribution in [0.4, 0.5) is 0 Å². The third-order valence-corrected chi connectivity index (χ3v) is 4.48. The van der Waals surface area contributed by atoms with Gasteiger partial charge in [-0.25, -0.2) is 0 Å². The predicted octanol–water partition coefficient (Wildman–Crippen LogP) is 2.71. The molecule has 1 aliphatic carbocycles. The van der Waals surface area contributed by atoms with Gasteiger partial charge in [-0.3, -0.25) is 0 Å². The van der Waals surface area contributed by atoms with Crippen molar-refractivity contribution in [3.63, 3.8) is 0 Å². The maximum atomic E-state index is 6.04. The van der Waals surface area contributed by atoms with Crippen molar-refractivity contribution in [2.24, 2.45) is 17.1 Å². The van der Waals surface area contributed by atoms with Gasteiger partial charge in [0.05, 0.1) is 6.61 Å². The van der Waals surface area contributed by atoms with Crippen LogP contribution >= 0.6 is 0 Å². The Bertz CT molecular complexity index is 179. The van der Waals surface area contributed by atoms with E-state index >= 15 is 0 Å². The Hall–Kier alpha value is -0.0800. The Labute approximate surface area is 93.6 Å². The van der Waals surface area contributed by atoms with Crippen LogP contribution < -0.4 is 5.73 Å². The van der Waals surface area contributed by atoms with E-state index in [2.05, 4.69) is 0 Å². The first kappa shape index (κ1) is 11.4. The molecule has 2 rings (SSSR count). The minimum atomic E-state index is 0.336. The molecule has 0 spiro atoms. The highest BCUT2D eigenvalue weighted by molar-refractivity contribution is 4.90. The molecule has 1 unspecified atom stereocenters. The van der Waals surface area contributed by atoms with E-state index in [9.17, 15) is 0 Å². The summed E-state index contributed by atoms with van der Waals surface area (Å²) in [6.45, 7) is 2.71. The van der Waals surface area contributed by atoms with Gasteiger partial charge in [0.2, 0.25) is 0 Å². The molecule has 2 nitrogen and oxygen atoms in total. The van der Waals surface area contributed by atoms with E-state index in [1.807, 2.05) is 0 Å². The fraction of sp³-hybridized carbons (Fsp3) is 1.00. The summed E-state index contributed by atoms with van der Waals surface area (Å²) in [4.78, 5) is 0. The minimum Gasteiger partial charge on any atom is -0.381 e. The fourth-order valence-electron chi connectivity index (χ4n) is 3.42. The Morgan fingerprint density at radius 3 is 2.33 bits per heavy atom. The number of nitrogens with two attached hydrogens (primary N) is 1. The van der Waals surface area contributed by atoms with Crippen LogP contribution in [0, 0.1) is 11.3 Å². The van der Waals surface area contributed by atoms with Crippen molar-refractivity contribution in [2.45, 2.75) is 51.4 Å². The van der Waals surface area contributed by atoms with Gasteiger partial charge in [0.1, 0.15) is 0 Å². The Kier molecular flexibility index (Phi) is 4.04. The summed E-state index contributed by atoms with van der Waals surface area (Å²) in [7, 11) is 0. The zero-order valence-electron chi connectivity index (χ0n) is 9.84. The first-order valence-corrected chi connectivity index (χ1v) is 6.65. The molecule has 1 atom stereocenters. The molecule has 0 radical (unpaired) electrons. The van der Waals surface area contributed by atoms with Gasteiger partial charge in [0.15, 0.2) is 0 Å². The van der Waals surface area contributed by atoms with E-state index in [0.717, 1.165) is 25.7 Å². The van der Waals surface area contributed by atoms with Crippen molar-refractivity contribution in [1.82, 2.24) is 0 Å². The molecule has 88 valence electrons. The van der Waals surface area contributed by atoms with Crippen LogP contribution in [0.25, 0.3) is 0 Å². The molecule has 0 aromatic carbocycles. The quantitative estimate of drug-likeness (QED) is 0.713. The molecule has 1 aliphatic heterocycles. The zero-order chi connectivity index (χ0) is 10.6. The molecular weight excluding hydrogens is 186 g/mol. The second kappa shape index (κ2) is 5.31. The van der Waals surface area contributed by atoms with Crippen LogP contribution in [0.2, 0.25) is 0 Å². The summed E-state index contributed by atoms with van der Waals surface area (Å²) in [5.74, 6) is 0.838. The number of rotatable bonds is 2. The topological polar surface area (TPSA) is 35.2 Å². The summed E-state index contributed by atoms with van der Waals surface area (Å²) in [6.07, 6.45) is 11.0. The van der Waals surface area contributed by atoms with Crippen molar-refractivity contribution in [3.05, 3.63) is 0 Å². The molecule has 1 saturated carbocycles. The molecule has 2 heteroatoms. The highest BCUT2D eigenvalue weighted by atomic mass is 16.5. The van der Waals surface area contributed by atoms with E-state index < -0.39 is 0 Å². The number of hydrogen-bond donors (Lipinski definition) is 1. The Balaban J connectivity index is 2.01. The molecule has 15 heavy (non-hydrogen) atoms. The summed E-state index contributed by atoms with van der Waals surface area (Å²) < 4.78 is 5.69. The first-order chi connectivity index (χ1) is 7.37. The molecular formula is C13H25NO. The smallest absolute Gasteiger partial charge is 0.0537 e. The van der Waals surface area contributed by atoms with E-state index in [-0.39, 0.29) is 0 Å². The highest BCUT2D eigenvalue weighted by Gasteiger charge is 2.39. The maximum absolute atomic E-state index is 6.04. The highest BCUT2D eigenvalue weighted by Crippen LogP contribution is 2.42. The van der Waals surface area contributed by atoms with E-state index in [1.54, 1.807) is 0 Å². The van der Waals surface area contributed by atoms with Crippen molar-refractivity contribution in [1.29, 1.82) is 0 Å². The third-order valence-electron chi connectivity index (χ3n) is 4.48. The van der Waals surface area contributed by atoms with E-state index in [1.165, 1.54) is 51.4 Å². The van der Waals surface area contributed by atoms with E-state index in [4.69, 9.17) is 10.5 Å². The molecule has 1 heterocycles. The molecule has 2 fully saturated rings. The van der Waals surface area contributed by atoms with Crippen molar-refractivity contribution in [2.75, 3.05) is 19.8 Å². The minimum absolute atomic E-state index is 0.336. The standard InChI is InChI=1S/C13H25NO/c14-10-13(8-5-9-15-11-13)12-6-3-1-2-4-7-12/h12H,1-11,14H2. The van der Waals surface area contributed by atoms with Crippen LogP contribution in [0.5, 0.6) is 0 Å². The van der Waals surface area contributed by atoms with Crippen molar-refractivity contribution >= 4 is 0 Å². The van der Waals surface area contributed by atoms with Gasteiger partial charge in [-0.15, -0.1) is 0 Å². The summed E-state index contributed by atoms with van der Waals surface area (Å²) in [6, 6.07) is 0. The number of hydrogen-bond acceptors (Lipinski definition) is 2. The van der Waals surface area contributed by atoms with Crippen molar-refractivity contribution < 1.29 is 4.74 Å². The molecule has 2 N–H and O–H groups in total. The molecule has 0 aromatic heterocycles. The van der Waals surface area contributed by atoms with Gasteiger partial charge in [-0.1, -0.05) is 25.7 Å². The molecule has 0 aromatic rings. The second-order valence-corrected chi connectivity index (χ2v) is 5.41. The van der Waals surface area contributed by atoms with Gasteiger partial charge >= 0.3 is 0 Å². The van der Waals surface area contributed by atoms with Gasteiger partial charge in [-0.05, 0) is 31.6 Å². The lowest BCUT2D eigenvalue weighted by Gasteiger charge is -2.42. The summed E-state index contributed by atoms with van der Waals surface area (Å²) in [5, 5.41) is 0. The Morgan fingerprint density at radius 2 is 1.80 bits per heavy atom. The molecule has 0 amide bonds. The van der Waals surface area contributed by atoms with E-state index in [0.29, 0.717) is 5.41 Å². The second-order valence-electron chi connectivity index (χ2n) is 5.41. The van der Waals surface area contributed by atoms with Crippen LogP contribution in [0.3, 0.4) is 0 Å². The maximum Gasteiger partial charge on any atom is 0.0537 e. The first-order valence-electron chi connectivity index (χ1n) is 6.65. The molecule has 1 saturated heterocycles. The van der Waals surface area contributed by atoms with Gasteiger partial charge in [0, 0.05) is 18.6 Å². The van der Waals surface area contributed by atoms with Gasteiger partial charge in [-0.2, -0.15) is 0 Å². The van der Waals surface area contributed by atoms with Crippen LogP contribution in [0.15, 0.2) is 0 Å². The third kappa shape index (κ3) is 2.54. The van der Waals surface area contributed by atoms with Crippen LogP contribution in [0.1, 0.15) is 51.4 Å². The van der Waals surface area contributed by atoms with Crippen LogP contribution in [-0.4, -0.2) is 19.8 Å². The summed E-state index contributed by atoms with van der Waals surface area (Å²) >= 11 is 0. The average molecular weight is 211 g/mol. The lowest BCUT2D eigenvalue weighted by atomic mass is 9.68. The van der Waals surface area contributed by atoms with Crippen LogP contribution in [-0.2, 0) is 4.74 Å². The average Bonchev–Trinajstić information content (AvgIpc) is 2.59. The lowest BCUT2D eigenvalue weighted by molar-refractivity contribution is -0.0410. The predicted molar refractivity (Wildman–Crippen MR) is 62.7 cm³/mol. The van der Waals surface area contributed by atoms with Gasteiger partial charge < -0.3 is 10.5 Å².